The second kappa shape index (κ2) is 10.2. The Morgan fingerprint density at radius 1 is 0.783 bits per heavy atom. The minimum absolute atomic E-state index is 0. The van der Waals surface area contributed by atoms with Crippen LogP contribution in [0.25, 0.3) is 0 Å². The van der Waals surface area contributed by atoms with Crippen LogP contribution in [0.5, 0.6) is 0 Å². The van der Waals surface area contributed by atoms with Crippen molar-refractivity contribution in [2.45, 2.75) is 28.7 Å². The summed E-state index contributed by atoms with van der Waals surface area (Å²) in [5, 5.41) is 0. The van der Waals surface area contributed by atoms with Gasteiger partial charge in [0, 0.05) is 13.2 Å². The molecule has 0 aliphatic carbocycles. The Bertz CT molecular complexity index is 503. The molecule has 0 radical (unpaired) electrons. The Morgan fingerprint density at radius 3 is 1.52 bits per heavy atom. The molecule has 0 atom stereocenters. The van der Waals surface area contributed by atoms with E-state index in [1.807, 2.05) is 0 Å². The Kier molecular flexibility index (Phi) is 9.55. The maximum Gasteiger partial charge on any atom is 0.361 e. The summed E-state index contributed by atoms with van der Waals surface area (Å²) in [6, 6.07) is 17.2. The van der Waals surface area contributed by atoms with Crippen LogP contribution in [-0.4, -0.2) is 39.1 Å². The SMILES string of the molecule is C.C.Cc1ccc(B(OCCN(C)C)c2ccc(C)cc2)cc1. The van der Waals surface area contributed by atoms with Gasteiger partial charge in [-0.1, -0.05) is 74.5 Å². The van der Waals surface area contributed by atoms with Gasteiger partial charge in [0.2, 0.25) is 0 Å². The van der Waals surface area contributed by atoms with Crippen molar-refractivity contribution in [2.24, 2.45) is 0 Å². The van der Waals surface area contributed by atoms with Gasteiger partial charge in [-0.05, 0) is 38.9 Å². The van der Waals surface area contributed by atoms with E-state index in [2.05, 4.69) is 81.4 Å². The van der Waals surface area contributed by atoms with Crippen molar-refractivity contribution in [1.29, 1.82) is 0 Å². The van der Waals surface area contributed by atoms with E-state index in [4.69, 9.17) is 4.65 Å². The quantitative estimate of drug-likeness (QED) is 0.759. The third kappa shape index (κ3) is 6.59. The van der Waals surface area contributed by atoms with Crippen LogP contribution >= 0.6 is 0 Å². The summed E-state index contributed by atoms with van der Waals surface area (Å²) >= 11 is 0. The maximum atomic E-state index is 6.16. The summed E-state index contributed by atoms with van der Waals surface area (Å²) in [5.74, 6) is 0. The van der Waals surface area contributed by atoms with Crippen LogP contribution in [-0.2, 0) is 4.65 Å². The standard InChI is InChI=1S/C18H24BNO.2CH4/c1-15-5-9-17(10-6-15)19(21-14-13-20(3)4)18-11-7-16(2)8-12-18;;/h5-12H,13-14H2,1-4H3;2*1H4. The van der Waals surface area contributed by atoms with E-state index in [-0.39, 0.29) is 21.8 Å². The van der Waals surface area contributed by atoms with Crippen LogP contribution < -0.4 is 10.9 Å². The minimum atomic E-state index is 0. The average molecular weight is 313 g/mol. The molecule has 0 aromatic heterocycles. The Labute approximate surface area is 143 Å². The van der Waals surface area contributed by atoms with Crippen molar-refractivity contribution in [3.63, 3.8) is 0 Å². The zero-order chi connectivity index (χ0) is 15.2. The zero-order valence-electron chi connectivity index (χ0n) is 13.5. The molecule has 0 aliphatic rings. The van der Waals surface area contributed by atoms with Crippen molar-refractivity contribution in [3.05, 3.63) is 59.7 Å². The van der Waals surface area contributed by atoms with Crippen molar-refractivity contribution >= 4 is 17.8 Å². The fraction of sp³-hybridized carbons (Fsp3) is 0.400. The third-order valence-corrected chi connectivity index (χ3v) is 3.58. The monoisotopic (exact) mass is 313 g/mol. The molecule has 0 heterocycles. The molecule has 0 fully saturated rings. The number of hydrogen-bond donors (Lipinski definition) is 0. The summed E-state index contributed by atoms with van der Waals surface area (Å²) < 4.78 is 6.16. The van der Waals surface area contributed by atoms with Crippen molar-refractivity contribution in [1.82, 2.24) is 4.90 Å². The molecular formula is C20H32BNO. The number of hydrogen-bond acceptors (Lipinski definition) is 2. The lowest BCUT2D eigenvalue weighted by molar-refractivity contribution is 0.269. The van der Waals surface area contributed by atoms with Crippen molar-refractivity contribution in [3.8, 4) is 0 Å². The number of rotatable bonds is 6. The molecular weight excluding hydrogens is 281 g/mol. The zero-order valence-corrected chi connectivity index (χ0v) is 13.5. The molecule has 2 rings (SSSR count). The van der Waals surface area contributed by atoms with Crippen molar-refractivity contribution < 1.29 is 4.65 Å². The van der Waals surface area contributed by atoms with Gasteiger partial charge in [0.15, 0.2) is 0 Å². The van der Waals surface area contributed by atoms with E-state index >= 15 is 0 Å². The molecule has 0 saturated carbocycles. The van der Waals surface area contributed by atoms with Gasteiger partial charge in [-0.15, -0.1) is 0 Å². The number of aryl methyl sites for hydroxylation is 2. The fourth-order valence-electron chi connectivity index (χ4n) is 2.22. The van der Waals surface area contributed by atoms with Gasteiger partial charge in [-0.2, -0.15) is 0 Å². The van der Waals surface area contributed by atoms with Crippen LogP contribution in [0.4, 0.5) is 0 Å². The molecule has 0 N–H and O–H groups in total. The number of likely N-dealkylation sites (N-methyl/N-ethyl adjacent to an activating group) is 1. The van der Waals surface area contributed by atoms with Gasteiger partial charge in [-0.3, -0.25) is 0 Å². The maximum absolute atomic E-state index is 6.16. The molecule has 0 amide bonds. The molecule has 23 heavy (non-hydrogen) atoms. The van der Waals surface area contributed by atoms with E-state index in [1.54, 1.807) is 0 Å². The summed E-state index contributed by atoms with van der Waals surface area (Å²) in [5.41, 5.74) is 4.97. The molecule has 2 nitrogen and oxygen atoms in total. The molecule has 0 saturated heterocycles. The molecule has 3 heteroatoms. The Balaban J connectivity index is 0.00000242. The van der Waals surface area contributed by atoms with Gasteiger partial charge in [0.05, 0.1) is 0 Å². The first-order chi connectivity index (χ1) is 10.1. The lowest BCUT2D eigenvalue weighted by atomic mass is 9.55. The molecule has 2 aromatic rings. The van der Waals surface area contributed by atoms with E-state index in [1.165, 1.54) is 22.1 Å². The summed E-state index contributed by atoms with van der Waals surface area (Å²) in [6.07, 6.45) is 0. The number of benzene rings is 2. The van der Waals surface area contributed by atoms with Crippen LogP contribution in [0.2, 0.25) is 0 Å². The van der Waals surface area contributed by atoms with Gasteiger partial charge in [0.1, 0.15) is 0 Å². The molecule has 126 valence electrons. The lowest BCUT2D eigenvalue weighted by Gasteiger charge is -2.17. The highest BCUT2D eigenvalue weighted by Gasteiger charge is 2.21. The third-order valence-electron chi connectivity index (χ3n) is 3.58. The summed E-state index contributed by atoms with van der Waals surface area (Å²) in [7, 11) is 4.13. The average Bonchev–Trinajstić information content (AvgIpc) is 2.46. The molecule has 0 unspecified atom stereocenters. The Morgan fingerprint density at radius 2 is 1.17 bits per heavy atom. The normalized spacial score (nSPS) is 9.96. The highest BCUT2D eigenvalue weighted by molar-refractivity contribution is 6.80. The molecule has 0 aliphatic heterocycles. The van der Waals surface area contributed by atoms with Gasteiger partial charge in [-0.25, -0.2) is 0 Å². The fourth-order valence-corrected chi connectivity index (χ4v) is 2.22. The lowest BCUT2D eigenvalue weighted by Crippen LogP contribution is -2.46. The Hall–Kier alpha value is -1.58. The molecule has 2 aromatic carbocycles. The van der Waals surface area contributed by atoms with Crippen LogP contribution in [0.3, 0.4) is 0 Å². The number of nitrogens with zero attached hydrogens (tertiary/aromatic N) is 1. The van der Waals surface area contributed by atoms with Gasteiger partial charge in [0.25, 0.3) is 0 Å². The minimum Gasteiger partial charge on any atom is -0.426 e. The van der Waals surface area contributed by atoms with Crippen LogP contribution in [0.1, 0.15) is 26.0 Å². The van der Waals surface area contributed by atoms with E-state index in [0.29, 0.717) is 0 Å². The van der Waals surface area contributed by atoms with Gasteiger partial charge >= 0.3 is 6.92 Å². The summed E-state index contributed by atoms with van der Waals surface area (Å²) in [6.45, 7) is 5.87. The smallest absolute Gasteiger partial charge is 0.361 e. The van der Waals surface area contributed by atoms with E-state index in [9.17, 15) is 0 Å². The molecule has 0 spiro atoms. The van der Waals surface area contributed by atoms with E-state index < -0.39 is 0 Å². The van der Waals surface area contributed by atoms with Gasteiger partial charge < -0.3 is 9.55 Å². The second-order valence-electron chi connectivity index (χ2n) is 5.88. The highest BCUT2D eigenvalue weighted by atomic mass is 16.4. The topological polar surface area (TPSA) is 12.5 Å². The van der Waals surface area contributed by atoms with Crippen LogP contribution in [0, 0.1) is 13.8 Å². The molecule has 0 bridgehead atoms. The van der Waals surface area contributed by atoms with Crippen LogP contribution in [0.15, 0.2) is 48.5 Å². The highest BCUT2D eigenvalue weighted by Crippen LogP contribution is 2.00. The predicted molar refractivity (Wildman–Crippen MR) is 105 cm³/mol. The summed E-state index contributed by atoms with van der Waals surface area (Å²) in [4.78, 5) is 2.14. The predicted octanol–water partition coefficient (Wildman–Crippen LogP) is 3.26. The van der Waals surface area contributed by atoms with E-state index in [0.717, 1.165) is 13.2 Å². The largest absolute Gasteiger partial charge is 0.426 e. The first kappa shape index (κ1) is 21.4. The first-order valence-electron chi connectivity index (χ1n) is 7.46. The van der Waals surface area contributed by atoms with Crippen molar-refractivity contribution in [2.75, 3.05) is 27.2 Å². The second-order valence-corrected chi connectivity index (χ2v) is 5.88. The first-order valence-corrected chi connectivity index (χ1v) is 7.46.